The fraction of sp³-hybridized carbons (Fsp3) is 0.607. The zero-order valence-corrected chi connectivity index (χ0v) is 22.5. The highest BCUT2D eigenvalue weighted by Gasteiger charge is 2.59. The molecule has 0 saturated carbocycles. The second-order valence-corrected chi connectivity index (χ2v) is 13.6. The molecule has 3 N–H and O–H groups in total. The summed E-state index contributed by atoms with van der Waals surface area (Å²) in [5.74, 6) is 0.618. The van der Waals surface area contributed by atoms with Crippen molar-refractivity contribution in [2.45, 2.75) is 81.4 Å². The Balaban J connectivity index is 1.45. The van der Waals surface area contributed by atoms with Crippen molar-refractivity contribution >= 4 is 28.6 Å². The SMILES string of the molecule is CN[C@@H](C)C(=O)N[C@H]1CC[SH](C)[C@H]2CC3(CC=CC3)[C@@H](C(=O)N[C@@H]3CCCc4ccccc43)N2C1=O. The van der Waals surface area contributed by atoms with Crippen molar-refractivity contribution in [3.05, 3.63) is 47.5 Å². The van der Waals surface area contributed by atoms with Crippen molar-refractivity contribution in [1.82, 2.24) is 20.9 Å². The maximum absolute atomic E-state index is 14.2. The van der Waals surface area contributed by atoms with E-state index < -0.39 is 23.0 Å². The molecule has 8 heteroatoms. The van der Waals surface area contributed by atoms with Crippen LogP contribution in [0.2, 0.25) is 0 Å². The number of fused-ring (bicyclic) bond motifs is 2. The van der Waals surface area contributed by atoms with E-state index in [-0.39, 0.29) is 40.6 Å². The lowest BCUT2D eigenvalue weighted by Crippen LogP contribution is -2.58. The van der Waals surface area contributed by atoms with Gasteiger partial charge in [0, 0.05) is 5.41 Å². The average molecular weight is 513 g/mol. The van der Waals surface area contributed by atoms with Gasteiger partial charge in [-0.1, -0.05) is 36.4 Å². The van der Waals surface area contributed by atoms with Gasteiger partial charge in [-0.05, 0) is 82.1 Å². The highest BCUT2D eigenvalue weighted by molar-refractivity contribution is 8.16. The first-order valence-electron chi connectivity index (χ1n) is 13.4. The molecule has 3 amide bonds. The van der Waals surface area contributed by atoms with Crippen molar-refractivity contribution in [2.24, 2.45) is 5.41 Å². The second kappa shape index (κ2) is 10.2. The van der Waals surface area contributed by atoms with E-state index in [2.05, 4.69) is 52.6 Å². The first-order chi connectivity index (χ1) is 17.3. The van der Waals surface area contributed by atoms with Gasteiger partial charge < -0.3 is 20.9 Å². The van der Waals surface area contributed by atoms with Crippen molar-refractivity contribution in [3.63, 3.8) is 0 Å². The molecule has 2 aliphatic carbocycles. The third-order valence-electron chi connectivity index (χ3n) is 8.89. The summed E-state index contributed by atoms with van der Waals surface area (Å²) in [5.41, 5.74) is 2.26. The molecule has 1 spiro atoms. The molecule has 2 aliphatic heterocycles. The molecule has 1 aromatic rings. The number of rotatable bonds is 5. The molecule has 2 fully saturated rings. The number of allylic oxidation sites excluding steroid dienone is 2. The minimum absolute atomic E-state index is 0.0230. The van der Waals surface area contributed by atoms with E-state index in [9.17, 15) is 14.4 Å². The van der Waals surface area contributed by atoms with Crippen LogP contribution in [0, 0.1) is 5.41 Å². The highest BCUT2D eigenvalue weighted by atomic mass is 32.2. The third-order valence-corrected chi connectivity index (χ3v) is 11.3. The lowest BCUT2D eigenvalue weighted by atomic mass is 9.77. The zero-order chi connectivity index (χ0) is 25.4. The number of amides is 3. The number of carbonyl (C=O) groups is 3. The molecule has 196 valence electrons. The van der Waals surface area contributed by atoms with Crippen LogP contribution < -0.4 is 16.0 Å². The Hall–Kier alpha value is -2.32. The highest BCUT2D eigenvalue weighted by Crippen LogP contribution is 2.56. The number of hydrogen-bond acceptors (Lipinski definition) is 4. The van der Waals surface area contributed by atoms with E-state index in [1.165, 1.54) is 11.1 Å². The summed E-state index contributed by atoms with van der Waals surface area (Å²) in [7, 11) is 1.26. The van der Waals surface area contributed by atoms with Crippen LogP contribution in [0.25, 0.3) is 0 Å². The molecule has 1 aromatic carbocycles. The fourth-order valence-electron chi connectivity index (χ4n) is 6.70. The summed E-state index contributed by atoms with van der Waals surface area (Å²) in [4.78, 5) is 42.8. The predicted molar refractivity (Wildman–Crippen MR) is 145 cm³/mol. The maximum atomic E-state index is 14.2. The number of aryl methyl sites for hydroxylation is 1. The number of benzene rings is 1. The van der Waals surface area contributed by atoms with Gasteiger partial charge >= 0.3 is 0 Å². The van der Waals surface area contributed by atoms with Gasteiger partial charge in [0.15, 0.2) is 0 Å². The van der Waals surface area contributed by atoms with Gasteiger partial charge in [0.25, 0.3) is 0 Å². The third kappa shape index (κ3) is 4.47. The molecule has 1 unspecified atom stereocenters. The summed E-state index contributed by atoms with van der Waals surface area (Å²) in [5, 5.41) is 9.41. The Morgan fingerprint density at radius 1 is 1.11 bits per heavy atom. The summed E-state index contributed by atoms with van der Waals surface area (Å²) in [6, 6.07) is 6.89. The van der Waals surface area contributed by atoms with Crippen LogP contribution >= 0.6 is 10.9 Å². The first-order valence-corrected chi connectivity index (χ1v) is 15.4. The molecule has 7 nitrogen and oxygen atoms in total. The molecule has 4 aliphatic rings. The minimum Gasteiger partial charge on any atom is -0.347 e. The Morgan fingerprint density at radius 3 is 2.61 bits per heavy atom. The van der Waals surface area contributed by atoms with Crippen molar-refractivity contribution in [3.8, 4) is 0 Å². The molecule has 0 aromatic heterocycles. The molecule has 0 bridgehead atoms. The molecular weight excluding hydrogens is 472 g/mol. The largest absolute Gasteiger partial charge is 0.347 e. The minimum atomic E-state index is -0.585. The van der Waals surface area contributed by atoms with E-state index in [1.807, 2.05) is 11.0 Å². The van der Waals surface area contributed by atoms with Crippen LogP contribution in [-0.2, 0) is 20.8 Å². The van der Waals surface area contributed by atoms with E-state index >= 15 is 0 Å². The van der Waals surface area contributed by atoms with Gasteiger partial charge in [-0.2, -0.15) is 0 Å². The molecule has 5 rings (SSSR count). The monoisotopic (exact) mass is 512 g/mol. The summed E-state index contributed by atoms with van der Waals surface area (Å²) in [6.45, 7) is 1.79. The van der Waals surface area contributed by atoms with Crippen LogP contribution in [0.15, 0.2) is 36.4 Å². The van der Waals surface area contributed by atoms with E-state index in [0.29, 0.717) is 6.42 Å². The number of nitrogens with zero attached hydrogens (tertiary/aromatic N) is 1. The Morgan fingerprint density at radius 2 is 1.86 bits per heavy atom. The Kier molecular flexibility index (Phi) is 7.18. The smallest absolute Gasteiger partial charge is 0.246 e. The topological polar surface area (TPSA) is 90.5 Å². The number of likely N-dealkylation sites (N-methyl/N-ethyl adjacent to an activating group) is 1. The van der Waals surface area contributed by atoms with E-state index in [1.54, 1.807) is 14.0 Å². The van der Waals surface area contributed by atoms with Gasteiger partial charge in [0.05, 0.1) is 17.5 Å². The first kappa shape index (κ1) is 25.3. The summed E-state index contributed by atoms with van der Waals surface area (Å²) in [6.07, 6.45) is 12.8. The van der Waals surface area contributed by atoms with Crippen LogP contribution in [0.4, 0.5) is 0 Å². The molecule has 6 atom stereocenters. The van der Waals surface area contributed by atoms with Gasteiger partial charge in [-0.25, -0.2) is 10.9 Å². The quantitative estimate of drug-likeness (QED) is 0.361. The van der Waals surface area contributed by atoms with Crippen molar-refractivity contribution < 1.29 is 14.4 Å². The lowest BCUT2D eigenvalue weighted by Gasteiger charge is -2.38. The number of carbonyl (C=O) groups excluding carboxylic acids is 3. The number of nitrogens with one attached hydrogen (secondary N) is 3. The van der Waals surface area contributed by atoms with E-state index in [4.69, 9.17) is 0 Å². The number of hydrogen-bond donors (Lipinski definition) is 4. The predicted octanol–water partition coefficient (Wildman–Crippen LogP) is 2.57. The van der Waals surface area contributed by atoms with Crippen LogP contribution in [0.3, 0.4) is 0 Å². The van der Waals surface area contributed by atoms with Crippen LogP contribution in [0.5, 0.6) is 0 Å². The average Bonchev–Trinajstić information content (AvgIpc) is 3.47. The molecule has 2 saturated heterocycles. The van der Waals surface area contributed by atoms with Gasteiger partial charge in [-0.3, -0.25) is 14.4 Å². The number of thiol groups is 1. The molecule has 36 heavy (non-hydrogen) atoms. The summed E-state index contributed by atoms with van der Waals surface area (Å²) < 4.78 is 0. The van der Waals surface area contributed by atoms with Gasteiger partial charge in [0.1, 0.15) is 12.1 Å². The standard InChI is InChI=1S/C28H40N4O3S/c1-18(29-2)25(33)31-22-13-16-36(3)23-17-28(14-6-7-15-28)24(32(23)27(22)35)26(34)30-21-12-8-10-19-9-4-5-11-20(19)21/h4-7,9,11,18,21-24,29,36H,8,10,12-17H2,1-3H3,(H,30,34)(H,31,33)/t18-,21+,22-,23-,24+/m0/s1. The molecular formula is C28H40N4O3S. The molecule has 2 heterocycles. The van der Waals surface area contributed by atoms with Crippen molar-refractivity contribution in [1.29, 1.82) is 0 Å². The van der Waals surface area contributed by atoms with Gasteiger partial charge in [0.2, 0.25) is 17.7 Å². The molecule has 0 radical (unpaired) electrons. The lowest BCUT2D eigenvalue weighted by molar-refractivity contribution is -0.144. The summed E-state index contributed by atoms with van der Waals surface area (Å²) >= 11 is 0. The normalized spacial score (nSPS) is 32.5. The van der Waals surface area contributed by atoms with Gasteiger partial charge in [-0.15, -0.1) is 0 Å². The second-order valence-electron chi connectivity index (χ2n) is 11.1. The Bertz CT molecular complexity index is 1050. The fourth-order valence-corrected chi connectivity index (χ4v) is 9.01. The Labute approximate surface area is 217 Å². The van der Waals surface area contributed by atoms with Crippen molar-refractivity contribution in [2.75, 3.05) is 19.1 Å². The maximum Gasteiger partial charge on any atom is 0.246 e. The van der Waals surface area contributed by atoms with E-state index in [0.717, 1.165) is 44.3 Å². The zero-order valence-electron chi connectivity index (χ0n) is 21.6. The van der Waals surface area contributed by atoms with Crippen LogP contribution in [-0.4, -0.2) is 65.2 Å². The van der Waals surface area contributed by atoms with Crippen LogP contribution in [0.1, 0.15) is 62.6 Å².